The molecular weight excluding hydrogens is 451 g/mol. The molecule has 2 heterocycles. The number of halogens is 3. The van der Waals surface area contributed by atoms with Crippen molar-refractivity contribution in [2.45, 2.75) is 6.43 Å². The highest BCUT2D eigenvalue weighted by molar-refractivity contribution is 6.11. The van der Waals surface area contributed by atoms with Crippen molar-refractivity contribution in [3.63, 3.8) is 0 Å². The third-order valence-electron chi connectivity index (χ3n) is 5.09. The molecule has 0 aliphatic heterocycles. The van der Waals surface area contributed by atoms with E-state index < -0.39 is 30.7 Å². The number of carbonyl (C=O) groups excluding carboxylic acids is 1. The molecule has 0 fully saturated rings. The fourth-order valence-corrected chi connectivity index (χ4v) is 3.53. The van der Waals surface area contributed by atoms with Crippen LogP contribution in [0.3, 0.4) is 0 Å². The third kappa shape index (κ3) is 4.42. The monoisotopic (exact) mass is 469 g/mol. The number of rotatable bonds is 7. The molecule has 2 aromatic heterocycles. The summed E-state index contributed by atoms with van der Waals surface area (Å²) >= 11 is 0. The maximum Gasteiger partial charge on any atom is 0.335 e. The van der Waals surface area contributed by atoms with Gasteiger partial charge in [-0.15, -0.1) is 0 Å². The molecule has 0 spiro atoms. The Kier molecular flexibility index (Phi) is 6.22. The number of alkyl halides is 2. The van der Waals surface area contributed by atoms with Gasteiger partial charge in [0.25, 0.3) is 12.3 Å². The van der Waals surface area contributed by atoms with E-state index in [4.69, 9.17) is 4.42 Å². The van der Waals surface area contributed by atoms with Gasteiger partial charge in [-0.05, 0) is 48.0 Å². The lowest BCUT2D eigenvalue weighted by atomic mass is 10.00. The summed E-state index contributed by atoms with van der Waals surface area (Å²) in [5.74, 6) is -1.99. The quantitative estimate of drug-likeness (QED) is 0.351. The van der Waals surface area contributed by atoms with Crippen molar-refractivity contribution < 1.29 is 32.3 Å². The number of benzene rings is 2. The van der Waals surface area contributed by atoms with Crippen LogP contribution in [-0.2, 0) is 0 Å². The number of hydrogen-bond donors (Lipinski definition) is 3. The van der Waals surface area contributed by atoms with Crippen molar-refractivity contribution in [1.82, 2.24) is 10.3 Å². The number of carboxylic acids is 1. The van der Waals surface area contributed by atoms with Gasteiger partial charge in [-0.2, -0.15) is 4.98 Å². The summed E-state index contributed by atoms with van der Waals surface area (Å²) in [7, 11) is 1.43. The molecule has 1 amide bonds. The predicted octanol–water partition coefficient (Wildman–Crippen LogP) is 5.04. The number of fused-ring (bicyclic) bond motifs is 1. The van der Waals surface area contributed by atoms with Crippen LogP contribution >= 0.6 is 0 Å². The van der Waals surface area contributed by atoms with Gasteiger partial charge in [0.1, 0.15) is 17.4 Å². The fraction of sp³-hybridized carbons (Fsp3) is 0.125. The number of amides is 1. The van der Waals surface area contributed by atoms with E-state index in [1.807, 2.05) is 0 Å². The van der Waals surface area contributed by atoms with Crippen molar-refractivity contribution in [2.75, 3.05) is 18.9 Å². The van der Waals surface area contributed by atoms with E-state index in [1.54, 1.807) is 6.07 Å². The molecule has 0 saturated carbocycles. The van der Waals surface area contributed by atoms with Gasteiger partial charge in [-0.25, -0.2) is 18.0 Å². The third-order valence-corrected chi connectivity index (χ3v) is 5.09. The summed E-state index contributed by atoms with van der Waals surface area (Å²) in [5, 5.41) is 14.7. The van der Waals surface area contributed by atoms with Gasteiger partial charge >= 0.3 is 5.97 Å². The molecule has 4 aromatic rings. The molecule has 0 unspecified atom stereocenters. The lowest BCUT2D eigenvalue weighted by Gasteiger charge is -2.12. The van der Waals surface area contributed by atoms with Gasteiger partial charge in [-0.3, -0.25) is 4.79 Å². The van der Waals surface area contributed by atoms with Crippen LogP contribution in [0, 0.1) is 5.82 Å². The van der Waals surface area contributed by atoms with Gasteiger partial charge in [-0.1, -0.05) is 12.1 Å². The SMILES string of the molecule is CNC(=O)c1c(-c2ccc(F)cc2)oc2nc(NCC(F)F)c(-c3cccc(C(=O)O)c3)cc12. The number of pyridine rings is 1. The maximum atomic E-state index is 13.4. The van der Waals surface area contributed by atoms with Crippen molar-refractivity contribution in [1.29, 1.82) is 0 Å². The Bertz CT molecular complexity index is 1380. The van der Waals surface area contributed by atoms with Crippen molar-refractivity contribution in [3.8, 4) is 22.5 Å². The topological polar surface area (TPSA) is 104 Å². The van der Waals surface area contributed by atoms with Crippen LogP contribution < -0.4 is 10.6 Å². The number of hydrogen-bond acceptors (Lipinski definition) is 5. The zero-order valence-electron chi connectivity index (χ0n) is 17.7. The summed E-state index contributed by atoms with van der Waals surface area (Å²) in [5.41, 5.74) is 1.20. The van der Waals surface area contributed by atoms with Gasteiger partial charge < -0.3 is 20.2 Å². The lowest BCUT2D eigenvalue weighted by molar-refractivity contribution is 0.0696. The summed E-state index contributed by atoms with van der Waals surface area (Å²) in [4.78, 5) is 28.5. The largest absolute Gasteiger partial charge is 0.478 e. The van der Waals surface area contributed by atoms with E-state index in [0.29, 0.717) is 16.7 Å². The minimum Gasteiger partial charge on any atom is -0.478 e. The standard InChI is InChI=1S/C24H18F3N3O4/c1-28-22(31)19-17-10-16(13-3-2-4-14(9-13)24(32)33)21(29-11-18(26)27)30-23(17)34-20(19)12-5-7-15(25)8-6-12/h2-10,18H,11H2,1H3,(H,28,31)(H,29,30)(H,32,33). The Balaban J connectivity index is 1.99. The Morgan fingerprint density at radius 3 is 2.47 bits per heavy atom. The Hall–Kier alpha value is -4.34. The summed E-state index contributed by atoms with van der Waals surface area (Å²) in [6, 6.07) is 12.7. The van der Waals surface area contributed by atoms with Gasteiger partial charge in [0.05, 0.1) is 23.1 Å². The van der Waals surface area contributed by atoms with E-state index >= 15 is 0 Å². The molecule has 3 N–H and O–H groups in total. The molecule has 10 heteroatoms. The smallest absolute Gasteiger partial charge is 0.335 e. The zero-order chi connectivity index (χ0) is 24.4. The Morgan fingerprint density at radius 2 is 1.82 bits per heavy atom. The number of anilines is 1. The van der Waals surface area contributed by atoms with E-state index in [9.17, 15) is 27.9 Å². The number of nitrogens with one attached hydrogen (secondary N) is 2. The second-order valence-electron chi connectivity index (χ2n) is 7.29. The van der Waals surface area contributed by atoms with Crippen molar-refractivity contribution in [2.24, 2.45) is 0 Å². The van der Waals surface area contributed by atoms with Crippen LogP contribution in [-0.4, -0.2) is 42.0 Å². The average molecular weight is 469 g/mol. The number of carbonyl (C=O) groups is 2. The highest BCUT2D eigenvalue weighted by atomic mass is 19.3. The number of nitrogens with zero attached hydrogens (tertiary/aromatic N) is 1. The minimum atomic E-state index is -2.68. The second-order valence-corrected chi connectivity index (χ2v) is 7.29. The fourth-order valence-electron chi connectivity index (χ4n) is 3.53. The Morgan fingerprint density at radius 1 is 1.09 bits per heavy atom. The van der Waals surface area contributed by atoms with Crippen molar-refractivity contribution >= 4 is 28.8 Å². The average Bonchev–Trinajstić information content (AvgIpc) is 3.20. The van der Waals surface area contributed by atoms with Crippen LogP contribution in [0.5, 0.6) is 0 Å². The van der Waals surface area contributed by atoms with Crippen LogP contribution in [0.4, 0.5) is 19.0 Å². The molecule has 0 aliphatic carbocycles. The van der Waals surface area contributed by atoms with E-state index in [1.165, 1.54) is 55.6 Å². The second kappa shape index (κ2) is 9.26. The van der Waals surface area contributed by atoms with E-state index in [0.717, 1.165) is 0 Å². The van der Waals surface area contributed by atoms with Crippen molar-refractivity contribution in [3.05, 3.63) is 71.5 Å². The molecule has 0 saturated heterocycles. The molecule has 0 bridgehead atoms. The highest BCUT2D eigenvalue weighted by Crippen LogP contribution is 2.38. The molecule has 0 atom stereocenters. The molecule has 4 rings (SSSR count). The highest BCUT2D eigenvalue weighted by Gasteiger charge is 2.25. The normalized spacial score (nSPS) is 11.1. The first-order valence-corrected chi connectivity index (χ1v) is 10.1. The molecule has 7 nitrogen and oxygen atoms in total. The zero-order valence-corrected chi connectivity index (χ0v) is 17.7. The minimum absolute atomic E-state index is 0.00664. The summed E-state index contributed by atoms with van der Waals surface area (Å²) < 4.78 is 45.1. The molecular formula is C24H18F3N3O4. The lowest BCUT2D eigenvalue weighted by Crippen LogP contribution is -2.18. The summed E-state index contributed by atoms with van der Waals surface area (Å²) in [6.07, 6.45) is -2.68. The number of aromatic nitrogens is 1. The van der Waals surface area contributed by atoms with Crippen LogP contribution in [0.15, 0.2) is 59.0 Å². The van der Waals surface area contributed by atoms with Crippen LogP contribution in [0.1, 0.15) is 20.7 Å². The summed E-state index contributed by atoms with van der Waals surface area (Å²) in [6.45, 7) is -0.710. The molecule has 2 aromatic carbocycles. The number of aromatic carboxylic acids is 1. The van der Waals surface area contributed by atoms with Crippen LogP contribution in [0.2, 0.25) is 0 Å². The molecule has 0 radical (unpaired) electrons. The number of carboxylic acid groups (broad SMARTS) is 1. The maximum absolute atomic E-state index is 13.4. The predicted molar refractivity (Wildman–Crippen MR) is 120 cm³/mol. The van der Waals surface area contributed by atoms with E-state index in [2.05, 4.69) is 15.6 Å². The first kappa shape index (κ1) is 22.8. The first-order chi connectivity index (χ1) is 16.3. The van der Waals surface area contributed by atoms with Gasteiger partial charge in [0, 0.05) is 18.2 Å². The molecule has 174 valence electrons. The van der Waals surface area contributed by atoms with Gasteiger partial charge in [0.15, 0.2) is 0 Å². The van der Waals surface area contributed by atoms with Crippen LogP contribution in [0.25, 0.3) is 33.6 Å². The van der Waals surface area contributed by atoms with E-state index in [-0.39, 0.29) is 33.8 Å². The molecule has 0 aliphatic rings. The molecule has 34 heavy (non-hydrogen) atoms. The Labute approximate surface area is 191 Å². The first-order valence-electron chi connectivity index (χ1n) is 10.1. The number of furan rings is 1. The van der Waals surface area contributed by atoms with Gasteiger partial charge in [0.2, 0.25) is 5.71 Å².